The first-order chi connectivity index (χ1) is 20.1. The Morgan fingerprint density at radius 1 is 1.29 bits per heavy atom. The Bertz CT molecular complexity index is 1810. The van der Waals surface area contributed by atoms with E-state index in [-0.39, 0.29) is 46.7 Å². The first-order valence-corrected chi connectivity index (χ1v) is 15.4. The minimum Gasteiger partial charge on any atom is -0.384 e. The summed E-state index contributed by atoms with van der Waals surface area (Å²) in [6, 6.07) is 11.4. The number of amides is 2. The smallest absolute Gasteiger partial charge is 0.245 e. The monoisotopic (exact) mass is 611 g/mol. The highest BCUT2D eigenvalue weighted by Gasteiger charge is 2.37. The summed E-state index contributed by atoms with van der Waals surface area (Å²) in [7, 11) is -2.76. The van der Waals surface area contributed by atoms with Crippen LogP contribution in [0.5, 0.6) is 0 Å². The number of thiazole rings is 1. The van der Waals surface area contributed by atoms with Crippen LogP contribution < -0.4 is 16.4 Å². The molecule has 0 spiro atoms. The van der Waals surface area contributed by atoms with Crippen molar-refractivity contribution in [1.29, 1.82) is 5.26 Å². The third-order valence-corrected chi connectivity index (χ3v) is 9.73. The molecule has 2 amide bonds. The summed E-state index contributed by atoms with van der Waals surface area (Å²) in [5, 5.41) is 16.6. The highest BCUT2D eigenvalue weighted by molar-refractivity contribution is 7.92. The Hall–Kier alpha value is -4.39. The molecule has 42 heavy (non-hydrogen) atoms. The normalized spacial score (nSPS) is 13.9. The van der Waals surface area contributed by atoms with Crippen LogP contribution in [0.1, 0.15) is 28.7 Å². The summed E-state index contributed by atoms with van der Waals surface area (Å²) in [5.41, 5.74) is 7.69. The van der Waals surface area contributed by atoms with Gasteiger partial charge >= 0.3 is 0 Å². The van der Waals surface area contributed by atoms with Gasteiger partial charge in [0.1, 0.15) is 28.3 Å². The number of nitrogens with one attached hydrogen (secondary N) is 2. The van der Waals surface area contributed by atoms with Crippen molar-refractivity contribution in [2.24, 2.45) is 0 Å². The Labute approximate surface area is 244 Å². The fourth-order valence-electron chi connectivity index (χ4n) is 4.24. The zero-order valence-electron chi connectivity index (χ0n) is 22.3. The number of nitriles is 1. The largest absolute Gasteiger partial charge is 0.384 e. The maximum Gasteiger partial charge on any atom is 0.245 e. The van der Waals surface area contributed by atoms with Crippen LogP contribution in [0.3, 0.4) is 0 Å². The minimum absolute atomic E-state index is 0.0458. The van der Waals surface area contributed by atoms with Crippen molar-refractivity contribution in [3.05, 3.63) is 59.0 Å². The van der Waals surface area contributed by atoms with Gasteiger partial charge in [0, 0.05) is 24.8 Å². The van der Waals surface area contributed by atoms with Crippen LogP contribution in [0.25, 0.3) is 27.0 Å². The number of carbonyl (C=O) groups is 2. The SMILES string of the molecule is COCCS(=O)(=O)C(C(=O)NCC(=O)NC1CC1)c1nc2cc(F)c(-c3ccc(-n4ncc(C#N)c4N)cc3)cc2s1. The molecule has 1 fully saturated rings. The van der Waals surface area contributed by atoms with E-state index < -0.39 is 38.5 Å². The Morgan fingerprint density at radius 3 is 2.67 bits per heavy atom. The second-order valence-corrected chi connectivity index (χ2v) is 12.9. The number of benzene rings is 2. The number of sulfone groups is 1. The number of nitrogens with zero attached hydrogens (tertiary/aromatic N) is 4. The average Bonchev–Trinajstić information content (AvgIpc) is 3.57. The van der Waals surface area contributed by atoms with Crippen molar-refractivity contribution in [2.45, 2.75) is 24.1 Å². The summed E-state index contributed by atoms with van der Waals surface area (Å²) in [4.78, 5) is 29.5. The molecule has 12 nitrogen and oxygen atoms in total. The van der Waals surface area contributed by atoms with Gasteiger partial charge in [0.15, 0.2) is 15.1 Å². The van der Waals surface area contributed by atoms with Crippen LogP contribution in [0.15, 0.2) is 42.6 Å². The number of carbonyl (C=O) groups excluding carboxylic acids is 2. The molecule has 0 aliphatic heterocycles. The second-order valence-electron chi connectivity index (χ2n) is 9.67. The van der Waals surface area contributed by atoms with Crippen LogP contribution in [-0.4, -0.2) is 67.1 Å². The predicted molar refractivity (Wildman–Crippen MR) is 154 cm³/mol. The molecule has 2 heterocycles. The Balaban J connectivity index is 1.44. The van der Waals surface area contributed by atoms with E-state index in [1.54, 1.807) is 24.3 Å². The van der Waals surface area contributed by atoms with E-state index in [2.05, 4.69) is 20.7 Å². The minimum atomic E-state index is -4.10. The molecule has 4 N–H and O–H groups in total. The molecule has 1 aliphatic rings. The summed E-state index contributed by atoms with van der Waals surface area (Å²) >= 11 is 0.953. The van der Waals surface area contributed by atoms with Crippen molar-refractivity contribution in [2.75, 3.05) is 31.7 Å². The zero-order valence-corrected chi connectivity index (χ0v) is 24.0. The second kappa shape index (κ2) is 11.8. The molecular weight excluding hydrogens is 585 g/mol. The average molecular weight is 612 g/mol. The fraction of sp³-hybridized carbons (Fsp3) is 0.296. The van der Waals surface area contributed by atoms with E-state index >= 15 is 4.39 Å². The van der Waals surface area contributed by atoms with Crippen LogP contribution >= 0.6 is 11.3 Å². The number of ether oxygens (including phenoxy) is 1. The van der Waals surface area contributed by atoms with Crippen molar-refractivity contribution < 1.29 is 27.1 Å². The van der Waals surface area contributed by atoms with E-state index in [0.717, 1.165) is 24.2 Å². The van der Waals surface area contributed by atoms with Gasteiger partial charge in [-0.25, -0.2) is 22.5 Å². The molecule has 2 aromatic carbocycles. The fourth-order valence-corrected chi connectivity index (χ4v) is 7.20. The topological polar surface area (TPSA) is 182 Å². The number of nitrogen functional groups attached to an aromatic ring is 1. The van der Waals surface area contributed by atoms with Crippen LogP contribution in [0.2, 0.25) is 0 Å². The van der Waals surface area contributed by atoms with Crippen LogP contribution in [0.4, 0.5) is 10.2 Å². The first-order valence-electron chi connectivity index (χ1n) is 12.8. The van der Waals surface area contributed by atoms with Crippen molar-refractivity contribution >= 4 is 49.0 Å². The summed E-state index contributed by atoms with van der Waals surface area (Å²) < 4.78 is 48.4. The van der Waals surface area contributed by atoms with Gasteiger partial charge in [-0.1, -0.05) is 12.1 Å². The zero-order chi connectivity index (χ0) is 30.0. The Kier molecular flexibility index (Phi) is 8.21. The van der Waals surface area contributed by atoms with Gasteiger partial charge in [-0.15, -0.1) is 11.3 Å². The number of fused-ring (bicyclic) bond motifs is 1. The first kappa shape index (κ1) is 29.1. The van der Waals surface area contributed by atoms with Crippen LogP contribution in [-0.2, 0) is 24.2 Å². The van der Waals surface area contributed by atoms with E-state index in [1.807, 2.05) is 6.07 Å². The van der Waals surface area contributed by atoms with Gasteiger partial charge in [0.05, 0.1) is 41.0 Å². The number of anilines is 1. The molecule has 1 saturated carbocycles. The molecule has 1 aliphatic carbocycles. The molecule has 4 aromatic rings. The lowest BCUT2D eigenvalue weighted by molar-refractivity contribution is -0.126. The summed E-state index contributed by atoms with van der Waals surface area (Å²) in [6.07, 6.45) is 3.08. The molecule has 15 heteroatoms. The number of aromatic nitrogens is 3. The molecule has 1 atom stereocenters. The molecule has 5 rings (SSSR count). The third kappa shape index (κ3) is 6.10. The lowest BCUT2D eigenvalue weighted by atomic mass is 10.0. The number of rotatable bonds is 11. The third-order valence-electron chi connectivity index (χ3n) is 6.60. The predicted octanol–water partition coefficient (Wildman–Crippen LogP) is 2.24. The van der Waals surface area contributed by atoms with E-state index in [0.29, 0.717) is 16.0 Å². The van der Waals surface area contributed by atoms with Crippen molar-refractivity contribution in [3.63, 3.8) is 0 Å². The van der Waals surface area contributed by atoms with E-state index in [9.17, 15) is 18.0 Å². The lowest BCUT2D eigenvalue weighted by Gasteiger charge is -2.15. The standard InChI is InChI=1S/C27H26FN7O5S2/c1-40-8-9-42(38,39)24(26(37)31-14-23(36)33-17-4-5-17)27-34-21-11-20(28)19(10-22(21)41-27)15-2-6-18(7-3-15)35-25(30)16(12-29)13-32-35/h2-3,6-7,10-11,13,17,24H,4-5,8-9,14,30H2,1H3,(H,31,37)(H,33,36). The van der Waals surface area contributed by atoms with Crippen molar-refractivity contribution in [1.82, 2.24) is 25.4 Å². The van der Waals surface area contributed by atoms with Gasteiger partial charge in [0.25, 0.3) is 0 Å². The van der Waals surface area contributed by atoms with Gasteiger partial charge in [-0.05, 0) is 36.6 Å². The number of methoxy groups -OCH3 is 1. The van der Waals surface area contributed by atoms with E-state index in [1.165, 1.54) is 30.1 Å². The molecule has 2 aromatic heterocycles. The number of halogens is 1. The van der Waals surface area contributed by atoms with Gasteiger partial charge < -0.3 is 21.1 Å². The molecular formula is C27H26FN7O5S2. The Morgan fingerprint density at radius 2 is 2.02 bits per heavy atom. The van der Waals surface area contributed by atoms with Gasteiger partial charge in [0.2, 0.25) is 11.8 Å². The number of nitrogens with two attached hydrogens (primary N) is 1. The molecule has 0 bridgehead atoms. The highest BCUT2D eigenvalue weighted by Crippen LogP contribution is 2.36. The molecule has 0 radical (unpaired) electrons. The van der Waals surface area contributed by atoms with Crippen molar-refractivity contribution in [3.8, 4) is 22.9 Å². The van der Waals surface area contributed by atoms with Crippen LogP contribution in [0, 0.1) is 17.1 Å². The number of hydrogen-bond acceptors (Lipinski definition) is 10. The quantitative estimate of drug-likeness (QED) is 0.229. The summed E-state index contributed by atoms with van der Waals surface area (Å²) in [5.74, 6) is -2.18. The van der Waals surface area contributed by atoms with Gasteiger partial charge in [-0.2, -0.15) is 10.4 Å². The maximum absolute atomic E-state index is 15.3. The molecule has 0 saturated heterocycles. The van der Waals surface area contributed by atoms with E-state index in [4.69, 9.17) is 15.7 Å². The maximum atomic E-state index is 15.3. The lowest BCUT2D eigenvalue weighted by Crippen LogP contribution is -2.41. The highest BCUT2D eigenvalue weighted by atomic mass is 32.2. The molecule has 1 unspecified atom stereocenters. The summed E-state index contributed by atoms with van der Waals surface area (Å²) in [6.45, 7) is -0.525. The number of hydrogen-bond donors (Lipinski definition) is 3. The molecule has 218 valence electrons. The van der Waals surface area contributed by atoms with Gasteiger partial charge in [-0.3, -0.25) is 9.59 Å².